The Morgan fingerprint density at radius 2 is 1.71 bits per heavy atom. The Morgan fingerprint density at radius 1 is 1.03 bits per heavy atom. The van der Waals surface area contributed by atoms with Gasteiger partial charge in [0, 0.05) is 18.8 Å². The molecule has 1 aliphatic heterocycles. The highest BCUT2D eigenvalue weighted by Crippen LogP contribution is 2.34. The molecule has 0 radical (unpaired) electrons. The minimum absolute atomic E-state index is 0.113. The molecule has 2 heterocycles. The number of morpholine rings is 1. The van der Waals surface area contributed by atoms with Crippen LogP contribution in [0, 0.1) is 0 Å². The standard InChI is InChI=1S/C21H23N5O4S/c1-29-16-9-7-15(8-10-16)23-20-18(31(27,28)17-5-3-2-4-6-17)19(22)24-21(25-20)26-11-13-30-14-12-26/h2-10H,11-14H2,1H3,(H3,22,23,24,25). The first-order valence-electron chi connectivity index (χ1n) is 9.70. The molecule has 0 saturated carbocycles. The quantitative estimate of drug-likeness (QED) is 0.594. The van der Waals surface area contributed by atoms with Gasteiger partial charge in [-0.25, -0.2) is 8.42 Å². The van der Waals surface area contributed by atoms with E-state index in [1.54, 1.807) is 49.6 Å². The van der Waals surface area contributed by atoms with Crippen LogP contribution in [0.1, 0.15) is 0 Å². The molecular formula is C21H23N5O4S. The van der Waals surface area contributed by atoms with Gasteiger partial charge in [0.1, 0.15) is 5.75 Å². The second-order valence-electron chi connectivity index (χ2n) is 6.86. The summed E-state index contributed by atoms with van der Waals surface area (Å²) in [5.41, 5.74) is 6.84. The zero-order valence-electron chi connectivity index (χ0n) is 17.0. The number of ether oxygens (including phenoxy) is 2. The van der Waals surface area contributed by atoms with Gasteiger partial charge in [-0.2, -0.15) is 9.97 Å². The van der Waals surface area contributed by atoms with E-state index >= 15 is 0 Å². The molecule has 162 valence electrons. The number of hydrogen-bond acceptors (Lipinski definition) is 9. The molecule has 3 N–H and O–H groups in total. The molecule has 0 bridgehead atoms. The third-order valence-electron chi connectivity index (χ3n) is 4.85. The van der Waals surface area contributed by atoms with E-state index in [2.05, 4.69) is 15.3 Å². The molecule has 0 amide bonds. The van der Waals surface area contributed by atoms with Crippen LogP contribution in [-0.4, -0.2) is 51.8 Å². The summed E-state index contributed by atoms with van der Waals surface area (Å²) in [6.07, 6.45) is 0. The van der Waals surface area contributed by atoms with Crippen molar-refractivity contribution in [3.05, 3.63) is 54.6 Å². The Morgan fingerprint density at radius 3 is 2.35 bits per heavy atom. The van der Waals surface area contributed by atoms with Crippen molar-refractivity contribution in [3.8, 4) is 5.75 Å². The predicted molar refractivity (Wildman–Crippen MR) is 118 cm³/mol. The normalized spacial score (nSPS) is 14.3. The topological polar surface area (TPSA) is 120 Å². The summed E-state index contributed by atoms with van der Waals surface area (Å²) in [5.74, 6) is 1.03. The number of nitrogens with one attached hydrogen (secondary N) is 1. The summed E-state index contributed by atoms with van der Waals surface area (Å²) >= 11 is 0. The van der Waals surface area contributed by atoms with Gasteiger partial charge in [-0.15, -0.1) is 0 Å². The Labute approximate surface area is 180 Å². The first kappa shape index (κ1) is 20.9. The number of benzene rings is 2. The fourth-order valence-corrected chi connectivity index (χ4v) is 4.66. The zero-order chi connectivity index (χ0) is 21.8. The van der Waals surface area contributed by atoms with Crippen molar-refractivity contribution in [3.63, 3.8) is 0 Å². The van der Waals surface area contributed by atoms with E-state index < -0.39 is 9.84 Å². The zero-order valence-corrected chi connectivity index (χ0v) is 17.8. The highest BCUT2D eigenvalue weighted by molar-refractivity contribution is 7.91. The van der Waals surface area contributed by atoms with E-state index in [0.29, 0.717) is 43.7 Å². The molecule has 1 aromatic heterocycles. The lowest BCUT2D eigenvalue weighted by molar-refractivity contribution is 0.122. The SMILES string of the molecule is COc1ccc(Nc2nc(N3CCOCC3)nc(N)c2S(=O)(=O)c2ccccc2)cc1. The molecule has 4 rings (SSSR count). The number of nitrogen functional groups attached to an aromatic ring is 1. The molecule has 0 spiro atoms. The third kappa shape index (κ3) is 4.39. The van der Waals surface area contributed by atoms with Crippen LogP contribution in [0.15, 0.2) is 64.4 Å². The Balaban J connectivity index is 1.82. The molecule has 1 fully saturated rings. The number of anilines is 4. The van der Waals surface area contributed by atoms with Crippen LogP contribution in [0.5, 0.6) is 5.75 Å². The highest BCUT2D eigenvalue weighted by Gasteiger charge is 2.29. The van der Waals surface area contributed by atoms with E-state index in [1.165, 1.54) is 12.1 Å². The lowest BCUT2D eigenvalue weighted by Crippen LogP contribution is -2.37. The van der Waals surface area contributed by atoms with Crippen molar-refractivity contribution in [2.75, 3.05) is 49.4 Å². The second kappa shape index (κ2) is 8.78. The number of methoxy groups -OCH3 is 1. The Hall–Kier alpha value is -3.37. The average Bonchev–Trinajstić information content (AvgIpc) is 2.80. The summed E-state index contributed by atoms with van der Waals surface area (Å²) in [4.78, 5) is 10.7. The van der Waals surface area contributed by atoms with Gasteiger partial charge in [0.05, 0.1) is 25.2 Å². The smallest absolute Gasteiger partial charge is 0.229 e. The van der Waals surface area contributed by atoms with Crippen molar-refractivity contribution in [2.24, 2.45) is 0 Å². The Bertz CT molecular complexity index is 1150. The number of rotatable bonds is 6. The van der Waals surface area contributed by atoms with Crippen molar-refractivity contribution >= 4 is 33.1 Å². The third-order valence-corrected chi connectivity index (χ3v) is 6.68. The molecular weight excluding hydrogens is 418 g/mol. The van der Waals surface area contributed by atoms with E-state index in [4.69, 9.17) is 15.2 Å². The largest absolute Gasteiger partial charge is 0.497 e. The van der Waals surface area contributed by atoms with Gasteiger partial charge in [0.15, 0.2) is 16.5 Å². The van der Waals surface area contributed by atoms with Crippen LogP contribution in [0.2, 0.25) is 0 Å². The van der Waals surface area contributed by atoms with Gasteiger partial charge in [0.25, 0.3) is 0 Å². The molecule has 31 heavy (non-hydrogen) atoms. The van der Waals surface area contributed by atoms with Gasteiger partial charge in [-0.1, -0.05) is 18.2 Å². The van der Waals surface area contributed by atoms with Crippen LogP contribution in [-0.2, 0) is 14.6 Å². The van der Waals surface area contributed by atoms with Crippen molar-refractivity contribution < 1.29 is 17.9 Å². The summed E-state index contributed by atoms with van der Waals surface area (Å²) in [5, 5.41) is 3.10. The minimum atomic E-state index is -3.96. The predicted octanol–water partition coefficient (Wildman–Crippen LogP) is 2.48. The molecule has 10 heteroatoms. The molecule has 9 nitrogen and oxygen atoms in total. The maximum absolute atomic E-state index is 13.4. The Kier molecular flexibility index (Phi) is 5.92. The molecule has 2 aromatic carbocycles. The second-order valence-corrected chi connectivity index (χ2v) is 8.74. The number of sulfone groups is 1. The van der Waals surface area contributed by atoms with Crippen LogP contribution in [0.3, 0.4) is 0 Å². The lowest BCUT2D eigenvalue weighted by Gasteiger charge is -2.27. The number of aromatic nitrogens is 2. The maximum Gasteiger partial charge on any atom is 0.229 e. The molecule has 0 aliphatic carbocycles. The molecule has 3 aromatic rings. The molecule has 0 unspecified atom stereocenters. The van der Waals surface area contributed by atoms with Gasteiger partial charge < -0.3 is 25.4 Å². The highest BCUT2D eigenvalue weighted by atomic mass is 32.2. The maximum atomic E-state index is 13.4. The van der Waals surface area contributed by atoms with Gasteiger partial charge in [0.2, 0.25) is 15.8 Å². The van der Waals surface area contributed by atoms with E-state index in [-0.39, 0.29) is 21.4 Å². The summed E-state index contributed by atoms with van der Waals surface area (Å²) in [6, 6.07) is 15.2. The average molecular weight is 442 g/mol. The molecule has 1 saturated heterocycles. The van der Waals surface area contributed by atoms with E-state index in [9.17, 15) is 8.42 Å². The van der Waals surface area contributed by atoms with Gasteiger partial charge in [-0.3, -0.25) is 0 Å². The van der Waals surface area contributed by atoms with Crippen LogP contribution in [0.4, 0.5) is 23.3 Å². The lowest BCUT2D eigenvalue weighted by atomic mass is 10.3. The van der Waals surface area contributed by atoms with Crippen molar-refractivity contribution in [1.82, 2.24) is 9.97 Å². The van der Waals surface area contributed by atoms with Crippen LogP contribution >= 0.6 is 0 Å². The number of nitrogens with zero attached hydrogens (tertiary/aromatic N) is 3. The fourth-order valence-electron chi connectivity index (χ4n) is 3.24. The number of hydrogen-bond donors (Lipinski definition) is 2. The van der Waals surface area contributed by atoms with E-state index in [0.717, 1.165) is 0 Å². The van der Waals surface area contributed by atoms with Crippen LogP contribution in [0.25, 0.3) is 0 Å². The van der Waals surface area contributed by atoms with Gasteiger partial charge in [-0.05, 0) is 36.4 Å². The summed E-state index contributed by atoms with van der Waals surface area (Å²) < 4.78 is 37.4. The molecule has 0 atom stereocenters. The summed E-state index contributed by atoms with van der Waals surface area (Å²) in [7, 11) is -2.39. The molecule has 1 aliphatic rings. The fraction of sp³-hybridized carbons (Fsp3) is 0.238. The van der Waals surface area contributed by atoms with E-state index in [1.807, 2.05) is 4.90 Å². The summed E-state index contributed by atoms with van der Waals surface area (Å²) in [6.45, 7) is 2.25. The van der Waals surface area contributed by atoms with Crippen molar-refractivity contribution in [1.29, 1.82) is 0 Å². The monoisotopic (exact) mass is 441 g/mol. The number of nitrogens with two attached hydrogens (primary N) is 1. The van der Waals surface area contributed by atoms with Gasteiger partial charge >= 0.3 is 0 Å². The van der Waals surface area contributed by atoms with Crippen molar-refractivity contribution in [2.45, 2.75) is 9.79 Å². The van der Waals surface area contributed by atoms with Crippen LogP contribution < -0.4 is 20.7 Å². The first-order chi connectivity index (χ1) is 15.0. The first-order valence-corrected chi connectivity index (χ1v) is 11.2. The minimum Gasteiger partial charge on any atom is -0.497 e.